The lowest BCUT2D eigenvalue weighted by molar-refractivity contribution is 0.660. The van der Waals surface area contributed by atoms with Crippen LogP contribution in [0.2, 0.25) is 0 Å². The van der Waals surface area contributed by atoms with Gasteiger partial charge in [-0.1, -0.05) is 105 Å². The highest BCUT2D eigenvalue weighted by atomic mass is 14.4. The van der Waals surface area contributed by atoms with Crippen molar-refractivity contribution in [3.8, 4) is 44.5 Å². The summed E-state index contributed by atoms with van der Waals surface area (Å²) in [5.41, 5.74) is 13.8. The van der Waals surface area contributed by atoms with Crippen molar-refractivity contribution in [2.45, 2.75) is 19.3 Å². The fraction of sp³-hybridized carbons (Fsp3) is 0.0811. The van der Waals surface area contributed by atoms with Crippen LogP contribution < -0.4 is 0 Å². The van der Waals surface area contributed by atoms with Crippen LogP contribution >= 0.6 is 0 Å². The molecular formula is C37H24. The molecule has 0 radical (unpaired) electrons. The highest BCUT2D eigenvalue weighted by Gasteiger charge is 2.37. The minimum absolute atomic E-state index is 0.00539. The molecule has 7 aromatic carbocycles. The fourth-order valence-electron chi connectivity index (χ4n) is 7.42. The minimum atomic E-state index is 0.00539. The van der Waals surface area contributed by atoms with Crippen molar-refractivity contribution in [1.82, 2.24) is 0 Å². The summed E-state index contributed by atoms with van der Waals surface area (Å²) in [7, 11) is 0. The zero-order chi connectivity index (χ0) is 24.5. The molecule has 37 heavy (non-hydrogen) atoms. The second kappa shape index (κ2) is 6.47. The Bertz CT molecular complexity index is 2090. The number of benzene rings is 7. The van der Waals surface area contributed by atoms with E-state index in [0.717, 1.165) is 0 Å². The van der Waals surface area contributed by atoms with Gasteiger partial charge in [0.2, 0.25) is 0 Å². The van der Waals surface area contributed by atoms with Gasteiger partial charge >= 0.3 is 0 Å². The Hall–Kier alpha value is -4.42. The number of hydrogen-bond donors (Lipinski definition) is 0. The Kier molecular flexibility index (Phi) is 3.45. The van der Waals surface area contributed by atoms with Crippen molar-refractivity contribution < 1.29 is 0 Å². The molecule has 0 nitrogen and oxygen atoms in total. The highest BCUT2D eigenvalue weighted by molar-refractivity contribution is 6.33. The van der Waals surface area contributed by atoms with Crippen LogP contribution in [0.3, 0.4) is 0 Å². The summed E-state index contributed by atoms with van der Waals surface area (Å²) < 4.78 is 0. The molecule has 0 atom stereocenters. The van der Waals surface area contributed by atoms with Crippen molar-refractivity contribution in [3.63, 3.8) is 0 Å². The molecule has 0 N–H and O–H groups in total. The van der Waals surface area contributed by atoms with Gasteiger partial charge in [-0.05, 0) is 106 Å². The molecule has 7 aromatic rings. The van der Waals surface area contributed by atoms with E-state index in [1.165, 1.54) is 88.0 Å². The molecule has 2 aliphatic rings. The van der Waals surface area contributed by atoms with Gasteiger partial charge in [0.15, 0.2) is 0 Å². The summed E-state index contributed by atoms with van der Waals surface area (Å²) in [4.78, 5) is 0. The normalized spacial score (nSPS) is 14.4. The Balaban J connectivity index is 1.40. The summed E-state index contributed by atoms with van der Waals surface area (Å²) in [5, 5.41) is 8.23. The molecule has 2 aliphatic carbocycles. The SMILES string of the molecule is CC1(C)c2ccccc2-c2cc3c(cc21)-c1ccc2ccc4c(-c5ccccc5)ccc5cc-3c1c2c54. The van der Waals surface area contributed by atoms with E-state index in [1.807, 2.05) is 0 Å². The largest absolute Gasteiger partial charge is 0.0622 e. The molecular weight excluding hydrogens is 444 g/mol. The molecule has 0 aromatic heterocycles. The second-order valence-corrected chi connectivity index (χ2v) is 11.3. The van der Waals surface area contributed by atoms with E-state index in [4.69, 9.17) is 0 Å². The zero-order valence-electron chi connectivity index (χ0n) is 20.9. The van der Waals surface area contributed by atoms with Gasteiger partial charge < -0.3 is 0 Å². The van der Waals surface area contributed by atoms with Crippen molar-refractivity contribution in [1.29, 1.82) is 0 Å². The molecule has 0 amide bonds. The van der Waals surface area contributed by atoms with Crippen LogP contribution in [-0.4, -0.2) is 0 Å². The molecule has 0 bridgehead atoms. The smallest absolute Gasteiger partial charge is 0.0159 e. The molecule has 0 saturated heterocycles. The maximum absolute atomic E-state index is 2.50. The Morgan fingerprint density at radius 2 is 1.14 bits per heavy atom. The molecule has 0 heteroatoms. The zero-order valence-corrected chi connectivity index (χ0v) is 20.9. The lowest BCUT2D eigenvalue weighted by Crippen LogP contribution is -2.14. The first-order chi connectivity index (χ1) is 18.1. The quantitative estimate of drug-likeness (QED) is 0.210. The molecule has 0 heterocycles. The van der Waals surface area contributed by atoms with E-state index in [2.05, 4.69) is 123 Å². The van der Waals surface area contributed by atoms with Crippen LogP contribution in [0.4, 0.5) is 0 Å². The number of fused-ring (bicyclic) bond motifs is 6. The summed E-state index contributed by atoms with van der Waals surface area (Å²) in [6.45, 7) is 4.75. The van der Waals surface area contributed by atoms with E-state index in [9.17, 15) is 0 Å². The standard InChI is InChI=1S/C37H24/c1-37(2)32-11-7-6-10-25(32)30-19-28-29(20-33(30)37)27-17-13-22-12-16-26-24(21-8-4-3-5-9-21)15-14-23-18-31(28)36(27)35(22)34(23)26/h3-20H,1-2H3. The first-order valence-corrected chi connectivity index (χ1v) is 13.2. The number of rotatable bonds is 1. The van der Waals surface area contributed by atoms with Gasteiger partial charge in [0, 0.05) is 5.41 Å². The van der Waals surface area contributed by atoms with Gasteiger partial charge in [0.05, 0.1) is 0 Å². The van der Waals surface area contributed by atoms with Crippen LogP contribution in [0.15, 0.2) is 109 Å². The third-order valence-electron chi connectivity index (χ3n) is 9.15. The van der Waals surface area contributed by atoms with Crippen LogP contribution in [-0.2, 0) is 5.41 Å². The maximum atomic E-state index is 2.50. The lowest BCUT2D eigenvalue weighted by Gasteiger charge is -2.22. The van der Waals surface area contributed by atoms with Crippen LogP contribution in [0.25, 0.3) is 76.8 Å². The average Bonchev–Trinajstić information content (AvgIpc) is 3.37. The predicted octanol–water partition coefficient (Wildman–Crippen LogP) is 10.2. The van der Waals surface area contributed by atoms with Crippen molar-refractivity contribution in [2.24, 2.45) is 0 Å². The maximum Gasteiger partial charge on any atom is 0.0159 e. The van der Waals surface area contributed by atoms with E-state index >= 15 is 0 Å². The summed E-state index contributed by atoms with van der Waals surface area (Å²) >= 11 is 0. The van der Waals surface area contributed by atoms with Gasteiger partial charge in [-0.3, -0.25) is 0 Å². The average molecular weight is 469 g/mol. The van der Waals surface area contributed by atoms with Gasteiger partial charge in [-0.25, -0.2) is 0 Å². The molecule has 0 spiro atoms. The van der Waals surface area contributed by atoms with Crippen molar-refractivity contribution in [2.75, 3.05) is 0 Å². The summed E-state index contributed by atoms with van der Waals surface area (Å²) in [6.07, 6.45) is 0. The minimum Gasteiger partial charge on any atom is -0.0622 e. The lowest BCUT2D eigenvalue weighted by atomic mass is 9.81. The van der Waals surface area contributed by atoms with E-state index in [0.29, 0.717) is 0 Å². The van der Waals surface area contributed by atoms with E-state index < -0.39 is 0 Å². The van der Waals surface area contributed by atoms with Gasteiger partial charge in [-0.2, -0.15) is 0 Å². The Morgan fingerprint density at radius 3 is 2.03 bits per heavy atom. The van der Waals surface area contributed by atoms with Gasteiger partial charge in [0.25, 0.3) is 0 Å². The Morgan fingerprint density at radius 1 is 0.405 bits per heavy atom. The molecule has 0 saturated carbocycles. The molecule has 172 valence electrons. The van der Waals surface area contributed by atoms with Crippen molar-refractivity contribution in [3.05, 3.63) is 120 Å². The van der Waals surface area contributed by atoms with Gasteiger partial charge in [0.1, 0.15) is 0 Å². The van der Waals surface area contributed by atoms with Crippen LogP contribution in [0.5, 0.6) is 0 Å². The third-order valence-corrected chi connectivity index (χ3v) is 9.15. The first-order valence-electron chi connectivity index (χ1n) is 13.2. The highest BCUT2D eigenvalue weighted by Crippen LogP contribution is 2.57. The van der Waals surface area contributed by atoms with Crippen LogP contribution in [0.1, 0.15) is 25.0 Å². The third kappa shape index (κ3) is 2.30. The summed E-state index contributed by atoms with van der Waals surface area (Å²) in [5.74, 6) is 0. The van der Waals surface area contributed by atoms with Gasteiger partial charge in [-0.15, -0.1) is 0 Å². The molecule has 0 aliphatic heterocycles. The van der Waals surface area contributed by atoms with E-state index in [-0.39, 0.29) is 5.41 Å². The topological polar surface area (TPSA) is 0 Å². The molecule has 9 rings (SSSR count). The van der Waals surface area contributed by atoms with Crippen molar-refractivity contribution >= 4 is 32.3 Å². The van der Waals surface area contributed by atoms with Crippen LogP contribution in [0, 0.1) is 0 Å². The first kappa shape index (κ1) is 19.7. The predicted molar refractivity (Wildman–Crippen MR) is 158 cm³/mol. The second-order valence-electron chi connectivity index (χ2n) is 11.3. The fourth-order valence-corrected chi connectivity index (χ4v) is 7.42. The molecule has 0 unspecified atom stereocenters. The summed E-state index contributed by atoms with van der Waals surface area (Å²) in [6, 6.07) is 41.2. The van der Waals surface area contributed by atoms with E-state index in [1.54, 1.807) is 0 Å². The number of hydrogen-bond acceptors (Lipinski definition) is 0. The monoisotopic (exact) mass is 468 g/mol. The molecule has 0 fully saturated rings. The Labute approximate surface area is 216 Å².